The molecule has 33 heavy (non-hydrogen) atoms. The molecule has 0 bridgehead atoms. The van der Waals surface area contributed by atoms with Crippen molar-refractivity contribution >= 4 is 11.6 Å². The van der Waals surface area contributed by atoms with Crippen LogP contribution in [0.5, 0.6) is 0 Å². The number of halogens is 4. The van der Waals surface area contributed by atoms with Crippen LogP contribution in [-0.2, 0) is 13.2 Å². The number of nitrogens with zero attached hydrogens (tertiary/aromatic N) is 4. The van der Waals surface area contributed by atoms with Crippen molar-refractivity contribution in [2.45, 2.75) is 32.7 Å². The van der Waals surface area contributed by atoms with Gasteiger partial charge in [-0.3, -0.25) is 10.7 Å². The van der Waals surface area contributed by atoms with Gasteiger partial charge in [0.25, 0.3) is 0 Å². The Hall–Kier alpha value is -3.80. The summed E-state index contributed by atoms with van der Waals surface area (Å²) < 4.78 is 53.5. The second kappa shape index (κ2) is 8.28. The van der Waals surface area contributed by atoms with Gasteiger partial charge >= 0.3 is 17.8 Å². The fraction of sp³-hybridized carbons (Fsp3) is 0.238. The minimum absolute atomic E-state index is 0.00670. The Bertz CT molecular complexity index is 1390. The first kappa shape index (κ1) is 22.4. The number of nitrogens with one attached hydrogen (secondary N) is 1. The van der Waals surface area contributed by atoms with Crippen LogP contribution in [-0.4, -0.2) is 30.4 Å². The molecule has 0 saturated carbocycles. The van der Waals surface area contributed by atoms with Gasteiger partial charge in [0.15, 0.2) is 0 Å². The van der Waals surface area contributed by atoms with Gasteiger partial charge in [-0.1, -0.05) is 0 Å². The van der Waals surface area contributed by atoms with E-state index in [1.165, 1.54) is 24.3 Å². The van der Waals surface area contributed by atoms with Gasteiger partial charge in [0.2, 0.25) is 5.65 Å². The summed E-state index contributed by atoms with van der Waals surface area (Å²) in [5.74, 6) is -0.631. The van der Waals surface area contributed by atoms with E-state index in [1.54, 1.807) is 19.1 Å². The molecule has 0 fully saturated rings. The normalized spacial score (nSPS) is 11.9. The standard InChI is InChI=1S/C21H18F4N6O2/c1-11-8-13(9-15(10-32)27-11)16-17(12-2-4-14(22)5-3-12)28-19(26)31-18(16)29-30(20(31)33)7-6-21(23,24)25/h2-5,8-9,32H,6-7,10H2,1H3,(H2,26,28)/p+1. The molecule has 0 aliphatic carbocycles. The zero-order valence-electron chi connectivity index (χ0n) is 17.3. The molecular formula is C21H19F4N6O2+. The molecular weight excluding hydrogens is 444 g/mol. The predicted octanol–water partition coefficient (Wildman–Crippen LogP) is 2.51. The summed E-state index contributed by atoms with van der Waals surface area (Å²) in [5.41, 5.74) is 7.79. The van der Waals surface area contributed by atoms with Crippen molar-refractivity contribution in [3.63, 3.8) is 0 Å². The van der Waals surface area contributed by atoms with Crippen LogP contribution in [0, 0.1) is 12.7 Å². The number of pyridine rings is 1. The Kier molecular flexibility index (Phi) is 5.62. The number of H-pyrrole nitrogens is 1. The number of hydrogen-bond donors (Lipinski definition) is 2. The van der Waals surface area contributed by atoms with Crippen molar-refractivity contribution in [2.24, 2.45) is 0 Å². The monoisotopic (exact) mass is 463 g/mol. The molecule has 8 nitrogen and oxygen atoms in total. The van der Waals surface area contributed by atoms with E-state index in [4.69, 9.17) is 5.73 Å². The summed E-state index contributed by atoms with van der Waals surface area (Å²) >= 11 is 0. The molecule has 0 amide bonds. The Morgan fingerprint density at radius 3 is 2.48 bits per heavy atom. The average molecular weight is 463 g/mol. The predicted molar refractivity (Wildman–Crippen MR) is 110 cm³/mol. The number of aryl methyl sites for hydroxylation is 2. The van der Waals surface area contributed by atoms with Crippen LogP contribution in [0.4, 0.5) is 23.5 Å². The molecule has 12 heteroatoms. The lowest BCUT2D eigenvalue weighted by Gasteiger charge is -2.11. The lowest BCUT2D eigenvalue weighted by atomic mass is 9.99. The van der Waals surface area contributed by atoms with Gasteiger partial charge in [-0.15, -0.1) is 9.50 Å². The second-order valence-electron chi connectivity index (χ2n) is 7.44. The van der Waals surface area contributed by atoms with Crippen molar-refractivity contribution in [1.29, 1.82) is 0 Å². The van der Waals surface area contributed by atoms with Crippen LogP contribution in [0.2, 0.25) is 0 Å². The highest BCUT2D eigenvalue weighted by atomic mass is 19.4. The summed E-state index contributed by atoms with van der Waals surface area (Å²) in [6.07, 6.45) is -5.73. The highest BCUT2D eigenvalue weighted by molar-refractivity contribution is 5.88. The number of nitrogens with two attached hydrogens (primary N) is 1. The van der Waals surface area contributed by atoms with Gasteiger partial charge in [-0.25, -0.2) is 14.2 Å². The number of benzene rings is 1. The number of aromatic nitrogens is 5. The van der Waals surface area contributed by atoms with Crippen molar-refractivity contribution in [2.75, 3.05) is 5.73 Å². The first-order chi connectivity index (χ1) is 15.6. The molecule has 4 rings (SSSR count). The second-order valence-corrected chi connectivity index (χ2v) is 7.44. The Balaban J connectivity index is 2.05. The smallest absolute Gasteiger partial charge is 0.390 e. The third kappa shape index (κ3) is 4.42. The molecule has 0 aliphatic heterocycles. The van der Waals surface area contributed by atoms with Crippen LogP contribution in [0.1, 0.15) is 17.8 Å². The van der Waals surface area contributed by atoms with E-state index >= 15 is 0 Å². The van der Waals surface area contributed by atoms with Crippen molar-refractivity contribution in [1.82, 2.24) is 19.2 Å². The summed E-state index contributed by atoms with van der Waals surface area (Å²) in [5, 5.41) is 13.7. The number of rotatable bonds is 5. The number of aliphatic hydroxyl groups is 1. The number of hydrogen-bond acceptors (Lipinski definition) is 5. The topological polar surface area (TPSA) is 113 Å². The van der Waals surface area contributed by atoms with E-state index in [-0.39, 0.29) is 18.2 Å². The van der Waals surface area contributed by atoms with Gasteiger partial charge in [0.1, 0.15) is 11.5 Å². The van der Waals surface area contributed by atoms with Crippen LogP contribution in [0.3, 0.4) is 0 Å². The molecule has 172 valence electrons. The highest BCUT2D eigenvalue weighted by Crippen LogP contribution is 2.33. The van der Waals surface area contributed by atoms with E-state index in [2.05, 4.69) is 15.1 Å². The number of fused-ring (bicyclic) bond motifs is 1. The number of alkyl halides is 3. The molecule has 0 aliphatic rings. The van der Waals surface area contributed by atoms with Gasteiger partial charge in [-0.2, -0.15) is 17.9 Å². The van der Waals surface area contributed by atoms with Gasteiger partial charge < -0.3 is 5.11 Å². The molecule has 0 radical (unpaired) electrons. The third-order valence-electron chi connectivity index (χ3n) is 5.00. The molecule has 0 unspecified atom stereocenters. The molecule has 0 atom stereocenters. The first-order valence-electron chi connectivity index (χ1n) is 9.83. The Labute approximate surface area is 184 Å². The van der Waals surface area contributed by atoms with E-state index in [1.807, 2.05) is 0 Å². The molecule has 4 N–H and O–H groups in total. The summed E-state index contributed by atoms with van der Waals surface area (Å²) in [6, 6.07) is 8.68. The minimum atomic E-state index is -4.48. The van der Waals surface area contributed by atoms with Gasteiger partial charge in [0, 0.05) is 11.3 Å². The lowest BCUT2D eigenvalue weighted by Crippen LogP contribution is -2.28. The molecule has 4 aromatic rings. The van der Waals surface area contributed by atoms with E-state index in [0.29, 0.717) is 38.5 Å². The third-order valence-corrected chi connectivity index (χ3v) is 5.00. The van der Waals surface area contributed by atoms with E-state index < -0.39 is 30.6 Å². The van der Waals surface area contributed by atoms with Crippen molar-refractivity contribution in [3.8, 4) is 22.4 Å². The van der Waals surface area contributed by atoms with Crippen LogP contribution >= 0.6 is 0 Å². The SMILES string of the molecule is Cc1cc(-c2c(-c3ccc(F)cc3)[nH+]c(N)n3c(=O)n(CCC(F)(F)F)nc23)cc(CO)n1. The quantitative estimate of drug-likeness (QED) is 0.442. The highest BCUT2D eigenvalue weighted by Gasteiger charge is 2.30. The fourth-order valence-electron chi connectivity index (χ4n) is 3.59. The van der Waals surface area contributed by atoms with E-state index in [9.17, 15) is 27.5 Å². The molecule has 3 heterocycles. The summed E-state index contributed by atoms with van der Waals surface area (Å²) in [4.78, 5) is 19.9. The number of aromatic amines is 1. The summed E-state index contributed by atoms with van der Waals surface area (Å²) in [7, 11) is 0. The molecule has 3 aromatic heterocycles. The summed E-state index contributed by atoms with van der Waals surface area (Å²) in [6.45, 7) is 0.654. The minimum Gasteiger partial charge on any atom is -0.390 e. The van der Waals surface area contributed by atoms with Gasteiger partial charge in [-0.05, 0) is 48.9 Å². The fourth-order valence-corrected chi connectivity index (χ4v) is 3.59. The molecule has 1 aromatic carbocycles. The lowest BCUT2D eigenvalue weighted by molar-refractivity contribution is -0.351. The average Bonchev–Trinajstić information content (AvgIpc) is 3.08. The molecule has 0 saturated heterocycles. The van der Waals surface area contributed by atoms with E-state index in [0.717, 1.165) is 4.40 Å². The van der Waals surface area contributed by atoms with Crippen LogP contribution in [0.25, 0.3) is 28.0 Å². The Morgan fingerprint density at radius 2 is 1.85 bits per heavy atom. The largest absolute Gasteiger partial charge is 0.411 e. The molecule has 0 spiro atoms. The zero-order valence-corrected chi connectivity index (χ0v) is 17.3. The maximum absolute atomic E-state index is 13.5. The van der Waals surface area contributed by atoms with Crippen LogP contribution < -0.4 is 16.4 Å². The maximum Gasteiger partial charge on any atom is 0.411 e. The Morgan fingerprint density at radius 1 is 1.15 bits per heavy atom. The zero-order chi connectivity index (χ0) is 23.9. The number of anilines is 1. The van der Waals surface area contributed by atoms with Crippen molar-refractivity contribution < 1.29 is 27.7 Å². The number of aliphatic hydroxyl groups excluding tert-OH is 1. The van der Waals surface area contributed by atoms with Gasteiger partial charge in [0.05, 0.1) is 30.8 Å². The first-order valence-corrected chi connectivity index (χ1v) is 9.83. The maximum atomic E-state index is 13.5. The van der Waals surface area contributed by atoms with Crippen molar-refractivity contribution in [3.05, 3.63) is 64.1 Å². The van der Waals surface area contributed by atoms with Crippen LogP contribution in [0.15, 0.2) is 41.2 Å². The number of nitrogen functional groups attached to an aromatic ring is 1.